The molecule has 0 saturated heterocycles. The number of hydrogen-bond donors (Lipinski definition) is 0. The zero-order chi connectivity index (χ0) is 24.7. The third-order valence-corrected chi connectivity index (χ3v) is 7.10. The fourth-order valence-electron chi connectivity index (χ4n) is 3.35. The Morgan fingerprint density at radius 1 is 0.882 bits per heavy atom. The number of amides is 1. The molecular weight excluding hydrogens is 452 g/mol. The second-order valence-electron chi connectivity index (χ2n) is 8.01. The predicted octanol–water partition coefficient (Wildman–Crippen LogP) is 4.11. The molecule has 7 nitrogen and oxygen atoms in total. The van der Waals surface area contributed by atoms with E-state index in [9.17, 15) is 18.0 Å². The molecule has 1 amide bonds. The van der Waals surface area contributed by atoms with Crippen LogP contribution < -0.4 is 4.31 Å². The topological polar surface area (TPSA) is 84.0 Å². The van der Waals surface area contributed by atoms with Crippen LogP contribution in [0.25, 0.3) is 0 Å². The van der Waals surface area contributed by atoms with Crippen LogP contribution in [0.2, 0.25) is 0 Å². The van der Waals surface area contributed by atoms with Gasteiger partial charge in [0, 0.05) is 19.6 Å². The molecule has 0 aliphatic heterocycles. The molecule has 0 aromatic heterocycles. The van der Waals surface area contributed by atoms with Crippen LogP contribution in [0.5, 0.6) is 0 Å². The van der Waals surface area contributed by atoms with E-state index in [4.69, 9.17) is 4.74 Å². The summed E-state index contributed by atoms with van der Waals surface area (Å²) in [5, 5.41) is 0. The lowest BCUT2D eigenvalue weighted by Crippen LogP contribution is -2.39. The lowest BCUT2D eigenvalue weighted by Gasteiger charge is -2.26. The Hall–Kier alpha value is -3.65. The van der Waals surface area contributed by atoms with E-state index in [0.29, 0.717) is 12.2 Å². The quantitative estimate of drug-likeness (QED) is 0.431. The minimum Gasteiger partial charge on any atom is -0.452 e. The Kier molecular flexibility index (Phi) is 8.07. The van der Waals surface area contributed by atoms with Gasteiger partial charge in [-0.15, -0.1) is 0 Å². The van der Waals surface area contributed by atoms with Gasteiger partial charge in [0.1, 0.15) is 0 Å². The minimum atomic E-state index is -3.89. The van der Waals surface area contributed by atoms with Gasteiger partial charge in [0.2, 0.25) is 0 Å². The zero-order valence-corrected chi connectivity index (χ0v) is 20.2. The number of para-hydroxylation sites is 1. The molecule has 3 aromatic carbocycles. The Bertz CT molecular complexity index is 1230. The smallest absolute Gasteiger partial charge is 0.338 e. The summed E-state index contributed by atoms with van der Waals surface area (Å²) in [7, 11) is -2.44. The van der Waals surface area contributed by atoms with Crippen molar-refractivity contribution in [1.29, 1.82) is 0 Å². The van der Waals surface area contributed by atoms with Gasteiger partial charge >= 0.3 is 5.97 Å². The summed E-state index contributed by atoms with van der Waals surface area (Å²) in [6.07, 6.45) is 0. The normalized spacial score (nSPS) is 11.2. The van der Waals surface area contributed by atoms with Crippen LogP contribution in [0.15, 0.2) is 89.8 Å². The number of esters is 1. The average Bonchev–Trinajstić information content (AvgIpc) is 2.86. The summed E-state index contributed by atoms with van der Waals surface area (Å²) in [5.74, 6) is -1.10. The number of carbonyl (C=O) groups excluding carboxylic acids is 2. The number of carbonyl (C=O) groups is 2. The van der Waals surface area contributed by atoms with E-state index >= 15 is 0 Å². The molecule has 3 aromatic rings. The van der Waals surface area contributed by atoms with Gasteiger partial charge in [-0.05, 0) is 49.7 Å². The average molecular weight is 481 g/mol. The first-order chi connectivity index (χ1) is 16.2. The van der Waals surface area contributed by atoms with Crippen LogP contribution >= 0.6 is 0 Å². The number of benzene rings is 3. The van der Waals surface area contributed by atoms with Crippen molar-refractivity contribution in [3.63, 3.8) is 0 Å². The summed E-state index contributed by atoms with van der Waals surface area (Å²) in [6.45, 7) is 3.74. The van der Waals surface area contributed by atoms with E-state index in [0.717, 1.165) is 9.87 Å². The van der Waals surface area contributed by atoms with Gasteiger partial charge in [0.05, 0.1) is 16.1 Å². The number of ether oxygens (including phenoxy) is 1. The highest BCUT2D eigenvalue weighted by molar-refractivity contribution is 7.92. The minimum absolute atomic E-state index is 0.0486. The highest BCUT2D eigenvalue weighted by atomic mass is 32.2. The molecule has 0 saturated carbocycles. The van der Waals surface area contributed by atoms with Gasteiger partial charge in [-0.25, -0.2) is 13.2 Å². The van der Waals surface area contributed by atoms with Crippen LogP contribution in [-0.2, 0) is 26.1 Å². The summed E-state index contributed by atoms with van der Waals surface area (Å²) >= 11 is 0. The molecule has 0 aliphatic carbocycles. The van der Waals surface area contributed by atoms with Crippen molar-refractivity contribution in [1.82, 2.24) is 4.90 Å². The summed E-state index contributed by atoms with van der Waals surface area (Å²) in [5.41, 5.74) is 1.51. The highest BCUT2D eigenvalue weighted by Crippen LogP contribution is 2.22. The van der Waals surface area contributed by atoms with Crippen molar-refractivity contribution in [3.8, 4) is 0 Å². The standard InChI is InChI=1S/C26H28N2O5S/c1-20(2)28(18-21-11-6-4-7-12-21)25(29)19-33-26(30)22-13-10-16-24(17-22)34(31,32)27(3)23-14-8-5-9-15-23/h4-17,20H,18-19H2,1-3H3. The number of sulfonamides is 1. The Morgan fingerprint density at radius 3 is 2.12 bits per heavy atom. The molecule has 8 heteroatoms. The maximum atomic E-state index is 13.0. The van der Waals surface area contributed by atoms with E-state index in [1.807, 2.05) is 44.2 Å². The molecule has 0 atom stereocenters. The highest BCUT2D eigenvalue weighted by Gasteiger charge is 2.24. The first-order valence-electron chi connectivity index (χ1n) is 10.8. The van der Waals surface area contributed by atoms with Gasteiger partial charge in [0.25, 0.3) is 15.9 Å². The van der Waals surface area contributed by atoms with Crippen molar-refractivity contribution >= 4 is 27.6 Å². The summed E-state index contributed by atoms with van der Waals surface area (Å²) < 4.78 is 32.4. The summed E-state index contributed by atoms with van der Waals surface area (Å²) in [6, 6.07) is 23.7. The maximum Gasteiger partial charge on any atom is 0.338 e. The van der Waals surface area contributed by atoms with Gasteiger partial charge in [-0.3, -0.25) is 9.10 Å². The van der Waals surface area contributed by atoms with Crippen LogP contribution in [0.4, 0.5) is 5.69 Å². The van der Waals surface area contributed by atoms with Gasteiger partial charge in [-0.2, -0.15) is 0 Å². The molecule has 34 heavy (non-hydrogen) atoms. The van der Waals surface area contributed by atoms with Crippen molar-refractivity contribution in [3.05, 3.63) is 96.1 Å². The maximum absolute atomic E-state index is 13.0. The van der Waals surface area contributed by atoms with E-state index in [1.165, 1.54) is 31.3 Å². The molecule has 0 radical (unpaired) electrons. The van der Waals surface area contributed by atoms with Crippen LogP contribution in [0.1, 0.15) is 29.8 Å². The molecule has 0 spiro atoms. The van der Waals surface area contributed by atoms with Gasteiger partial charge in [-0.1, -0.05) is 54.6 Å². The number of hydrogen-bond acceptors (Lipinski definition) is 5. The lowest BCUT2D eigenvalue weighted by molar-refractivity contribution is -0.136. The van der Waals surface area contributed by atoms with E-state index < -0.39 is 22.6 Å². The Morgan fingerprint density at radius 2 is 1.50 bits per heavy atom. The molecule has 0 bridgehead atoms. The zero-order valence-electron chi connectivity index (χ0n) is 19.4. The first kappa shape index (κ1) is 25.0. The monoisotopic (exact) mass is 480 g/mol. The van der Waals surface area contributed by atoms with Crippen molar-refractivity contribution in [2.45, 2.75) is 31.3 Å². The molecule has 0 N–H and O–H groups in total. The molecule has 0 aliphatic rings. The Labute approximate surface area is 200 Å². The van der Waals surface area contributed by atoms with E-state index in [-0.39, 0.29) is 22.4 Å². The predicted molar refractivity (Wildman–Crippen MR) is 131 cm³/mol. The van der Waals surface area contributed by atoms with Crippen LogP contribution in [-0.4, -0.2) is 44.9 Å². The third-order valence-electron chi connectivity index (χ3n) is 5.31. The van der Waals surface area contributed by atoms with Gasteiger partial charge in [0.15, 0.2) is 6.61 Å². The first-order valence-corrected chi connectivity index (χ1v) is 12.3. The SMILES string of the molecule is CC(C)N(Cc1ccccc1)C(=O)COC(=O)c1cccc(S(=O)(=O)N(C)c2ccccc2)c1. The molecular formula is C26H28N2O5S. The molecule has 0 unspecified atom stereocenters. The van der Waals surface area contributed by atoms with Gasteiger partial charge < -0.3 is 9.64 Å². The molecule has 178 valence electrons. The summed E-state index contributed by atoms with van der Waals surface area (Å²) in [4.78, 5) is 26.9. The molecule has 0 fully saturated rings. The molecule has 0 heterocycles. The molecule has 3 rings (SSSR count). The second-order valence-corrected chi connectivity index (χ2v) is 9.98. The largest absolute Gasteiger partial charge is 0.452 e. The van der Waals surface area contributed by atoms with Crippen molar-refractivity contribution < 1.29 is 22.7 Å². The van der Waals surface area contributed by atoms with E-state index in [2.05, 4.69) is 0 Å². The number of nitrogens with zero attached hydrogens (tertiary/aromatic N) is 2. The fraction of sp³-hybridized carbons (Fsp3) is 0.231. The van der Waals surface area contributed by atoms with Crippen molar-refractivity contribution in [2.24, 2.45) is 0 Å². The van der Waals surface area contributed by atoms with Crippen molar-refractivity contribution in [2.75, 3.05) is 18.0 Å². The third kappa shape index (κ3) is 6.02. The second kappa shape index (κ2) is 11.0. The number of anilines is 1. The number of rotatable bonds is 9. The van der Waals surface area contributed by atoms with Crippen LogP contribution in [0.3, 0.4) is 0 Å². The Balaban J connectivity index is 1.69. The van der Waals surface area contributed by atoms with E-state index in [1.54, 1.807) is 35.2 Å². The fourth-order valence-corrected chi connectivity index (χ4v) is 4.59. The lowest BCUT2D eigenvalue weighted by atomic mass is 10.2. The van der Waals surface area contributed by atoms with Crippen LogP contribution in [0, 0.1) is 0 Å².